The summed E-state index contributed by atoms with van der Waals surface area (Å²) in [5.74, 6) is -0.365. The van der Waals surface area contributed by atoms with Crippen molar-refractivity contribution in [2.24, 2.45) is 0 Å². The van der Waals surface area contributed by atoms with E-state index in [0.717, 1.165) is 5.56 Å². The summed E-state index contributed by atoms with van der Waals surface area (Å²) in [5.41, 5.74) is 1.94. The number of ether oxygens (including phenoxy) is 3. The second kappa shape index (κ2) is 10.7. The number of nitrogens with one attached hydrogen (secondary N) is 2. The van der Waals surface area contributed by atoms with E-state index in [1.54, 1.807) is 42.5 Å². The molecule has 0 saturated heterocycles. The van der Waals surface area contributed by atoms with Gasteiger partial charge in [0, 0.05) is 29.6 Å². The van der Waals surface area contributed by atoms with Crippen molar-refractivity contribution in [2.45, 2.75) is 11.8 Å². The van der Waals surface area contributed by atoms with Crippen LogP contribution in [0.4, 0.5) is 11.4 Å². The Kier molecular flexibility index (Phi) is 7.75. The van der Waals surface area contributed by atoms with Crippen molar-refractivity contribution in [1.29, 1.82) is 0 Å². The van der Waals surface area contributed by atoms with Gasteiger partial charge >= 0.3 is 5.97 Å². The number of carbonyl (C=O) groups excluding carboxylic acids is 2. The topological polar surface area (TPSA) is 120 Å². The summed E-state index contributed by atoms with van der Waals surface area (Å²) in [6.45, 7) is 1.36. The zero-order chi connectivity index (χ0) is 24.7. The number of methoxy groups -OCH3 is 2. The first-order valence-electron chi connectivity index (χ1n) is 10.1. The smallest absolute Gasteiger partial charge is 0.338 e. The maximum absolute atomic E-state index is 12.5. The van der Waals surface area contributed by atoms with E-state index in [4.69, 9.17) is 14.2 Å². The fourth-order valence-corrected chi connectivity index (χ4v) is 3.96. The highest BCUT2D eigenvalue weighted by Crippen LogP contribution is 2.25. The fraction of sp³-hybridized carbons (Fsp3) is 0.167. The van der Waals surface area contributed by atoms with Crippen LogP contribution in [0.3, 0.4) is 0 Å². The Morgan fingerprint density at radius 1 is 0.824 bits per heavy atom. The molecule has 0 heterocycles. The van der Waals surface area contributed by atoms with E-state index in [9.17, 15) is 18.0 Å². The molecule has 178 valence electrons. The van der Waals surface area contributed by atoms with Crippen molar-refractivity contribution in [3.63, 3.8) is 0 Å². The summed E-state index contributed by atoms with van der Waals surface area (Å²) in [4.78, 5) is 24.4. The SMILES string of the molecule is COc1cc(NC(=O)COC(=O)c2ccc(S(=O)(=O)Nc3ccc(C)cc3)cc2)cc(OC)c1. The number of benzene rings is 3. The molecule has 0 unspecified atom stereocenters. The normalized spacial score (nSPS) is 10.8. The first kappa shape index (κ1) is 24.6. The Hall–Kier alpha value is -4.05. The number of carbonyl (C=O) groups is 2. The van der Waals surface area contributed by atoms with E-state index < -0.39 is 28.5 Å². The number of hydrogen-bond donors (Lipinski definition) is 2. The van der Waals surface area contributed by atoms with Crippen LogP contribution in [0, 0.1) is 6.92 Å². The molecule has 34 heavy (non-hydrogen) atoms. The molecule has 0 saturated carbocycles. The molecule has 10 heteroatoms. The summed E-state index contributed by atoms with van der Waals surface area (Å²) in [6.07, 6.45) is 0. The lowest BCUT2D eigenvalue weighted by Crippen LogP contribution is -2.21. The van der Waals surface area contributed by atoms with Crippen molar-refractivity contribution < 1.29 is 32.2 Å². The van der Waals surface area contributed by atoms with Gasteiger partial charge in [-0.2, -0.15) is 0 Å². The van der Waals surface area contributed by atoms with Crippen molar-refractivity contribution in [3.05, 3.63) is 77.9 Å². The van der Waals surface area contributed by atoms with Gasteiger partial charge in [0.25, 0.3) is 15.9 Å². The molecule has 0 aliphatic carbocycles. The number of amides is 1. The van der Waals surface area contributed by atoms with Gasteiger partial charge in [0.2, 0.25) is 0 Å². The molecule has 0 spiro atoms. The summed E-state index contributed by atoms with van der Waals surface area (Å²) in [7, 11) is -0.860. The van der Waals surface area contributed by atoms with Crippen LogP contribution >= 0.6 is 0 Å². The van der Waals surface area contributed by atoms with Crippen LogP contribution in [0.25, 0.3) is 0 Å². The molecule has 0 aliphatic heterocycles. The lowest BCUT2D eigenvalue weighted by atomic mass is 10.2. The van der Waals surface area contributed by atoms with E-state index in [0.29, 0.717) is 22.9 Å². The maximum atomic E-state index is 12.5. The van der Waals surface area contributed by atoms with Gasteiger partial charge in [-0.15, -0.1) is 0 Å². The lowest BCUT2D eigenvalue weighted by molar-refractivity contribution is -0.119. The fourth-order valence-electron chi connectivity index (χ4n) is 2.90. The third-order valence-electron chi connectivity index (χ3n) is 4.67. The Balaban J connectivity index is 1.58. The molecule has 0 radical (unpaired) electrons. The zero-order valence-electron chi connectivity index (χ0n) is 18.8. The van der Waals surface area contributed by atoms with Crippen molar-refractivity contribution in [2.75, 3.05) is 30.9 Å². The van der Waals surface area contributed by atoms with Gasteiger partial charge in [-0.05, 0) is 43.3 Å². The quantitative estimate of drug-likeness (QED) is 0.445. The van der Waals surface area contributed by atoms with E-state index >= 15 is 0 Å². The Morgan fingerprint density at radius 2 is 1.41 bits per heavy atom. The number of aryl methyl sites for hydroxylation is 1. The molecule has 2 N–H and O–H groups in total. The molecule has 3 rings (SSSR count). The Morgan fingerprint density at radius 3 is 1.97 bits per heavy atom. The lowest BCUT2D eigenvalue weighted by Gasteiger charge is -2.11. The van der Waals surface area contributed by atoms with Crippen LogP contribution in [0.15, 0.2) is 71.6 Å². The largest absolute Gasteiger partial charge is 0.497 e. The van der Waals surface area contributed by atoms with Crippen LogP contribution < -0.4 is 19.5 Å². The van der Waals surface area contributed by atoms with E-state index in [-0.39, 0.29) is 10.5 Å². The minimum atomic E-state index is -3.83. The average molecular weight is 485 g/mol. The molecule has 0 atom stereocenters. The highest BCUT2D eigenvalue weighted by molar-refractivity contribution is 7.92. The molecular weight excluding hydrogens is 460 g/mol. The van der Waals surface area contributed by atoms with Crippen LogP contribution in [0.1, 0.15) is 15.9 Å². The van der Waals surface area contributed by atoms with Gasteiger partial charge in [-0.1, -0.05) is 17.7 Å². The third-order valence-corrected chi connectivity index (χ3v) is 6.07. The van der Waals surface area contributed by atoms with Gasteiger partial charge in [-0.3, -0.25) is 9.52 Å². The van der Waals surface area contributed by atoms with Gasteiger partial charge in [0.15, 0.2) is 6.61 Å². The van der Waals surface area contributed by atoms with Crippen molar-refractivity contribution in [3.8, 4) is 11.5 Å². The monoisotopic (exact) mass is 484 g/mol. The van der Waals surface area contributed by atoms with Crippen LogP contribution in [-0.2, 0) is 19.6 Å². The van der Waals surface area contributed by atoms with Crippen LogP contribution in [0.5, 0.6) is 11.5 Å². The van der Waals surface area contributed by atoms with Crippen molar-refractivity contribution >= 4 is 33.3 Å². The second-order valence-corrected chi connectivity index (χ2v) is 8.90. The first-order chi connectivity index (χ1) is 16.2. The van der Waals surface area contributed by atoms with Gasteiger partial charge in [-0.25, -0.2) is 13.2 Å². The summed E-state index contributed by atoms with van der Waals surface area (Å²) in [6, 6.07) is 16.9. The molecule has 9 nitrogen and oxygen atoms in total. The first-order valence-corrected chi connectivity index (χ1v) is 11.6. The number of esters is 1. The zero-order valence-corrected chi connectivity index (χ0v) is 19.6. The van der Waals surface area contributed by atoms with Gasteiger partial charge < -0.3 is 19.5 Å². The molecule has 0 bridgehead atoms. The molecule has 1 amide bonds. The minimum absolute atomic E-state index is 0.0191. The second-order valence-electron chi connectivity index (χ2n) is 7.22. The van der Waals surface area contributed by atoms with E-state index in [1.807, 2.05) is 6.92 Å². The predicted octanol–water partition coefficient (Wildman–Crippen LogP) is 3.61. The van der Waals surface area contributed by atoms with Gasteiger partial charge in [0.1, 0.15) is 11.5 Å². The number of rotatable bonds is 9. The summed E-state index contributed by atoms with van der Waals surface area (Å²) < 4.78 is 42.9. The standard InChI is InChI=1S/C24H24N2O7S/c1-16-4-8-18(9-5-16)26-34(29,30)22-10-6-17(7-11-22)24(28)33-15-23(27)25-19-12-20(31-2)14-21(13-19)32-3/h4-14,26H,15H2,1-3H3,(H,25,27). The third kappa shape index (κ3) is 6.48. The minimum Gasteiger partial charge on any atom is -0.497 e. The maximum Gasteiger partial charge on any atom is 0.338 e. The summed E-state index contributed by atoms with van der Waals surface area (Å²) in [5, 5.41) is 2.59. The molecular formula is C24H24N2O7S. The van der Waals surface area contributed by atoms with Crippen molar-refractivity contribution in [1.82, 2.24) is 0 Å². The predicted molar refractivity (Wildman–Crippen MR) is 127 cm³/mol. The number of hydrogen-bond acceptors (Lipinski definition) is 7. The molecule has 0 fully saturated rings. The Bertz CT molecular complexity index is 1250. The molecule has 3 aromatic rings. The molecule has 0 aliphatic rings. The molecule has 3 aromatic carbocycles. The number of anilines is 2. The number of sulfonamides is 1. The highest BCUT2D eigenvalue weighted by atomic mass is 32.2. The average Bonchev–Trinajstić information content (AvgIpc) is 2.83. The summed E-state index contributed by atoms with van der Waals surface area (Å²) >= 11 is 0. The highest BCUT2D eigenvalue weighted by Gasteiger charge is 2.16. The van der Waals surface area contributed by atoms with Crippen LogP contribution in [-0.4, -0.2) is 41.1 Å². The van der Waals surface area contributed by atoms with Crippen LogP contribution in [0.2, 0.25) is 0 Å². The van der Waals surface area contributed by atoms with E-state index in [1.165, 1.54) is 38.5 Å². The van der Waals surface area contributed by atoms with E-state index in [2.05, 4.69) is 10.0 Å². The molecule has 0 aromatic heterocycles. The van der Waals surface area contributed by atoms with Gasteiger partial charge in [0.05, 0.1) is 24.7 Å². The Labute approximate surface area is 197 Å².